The summed E-state index contributed by atoms with van der Waals surface area (Å²) in [6.45, 7) is 8.31. The van der Waals surface area contributed by atoms with Gasteiger partial charge < -0.3 is 14.0 Å². The fourth-order valence-corrected chi connectivity index (χ4v) is 5.88. The van der Waals surface area contributed by atoms with Gasteiger partial charge in [-0.2, -0.15) is 0 Å². The number of hydrogen-bond donors (Lipinski definition) is 2. The molecule has 198 valence electrons. The molecular formula is C28H32BN3O5S. The monoisotopic (exact) mass is 533 g/mol. The number of rotatable bonds is 7. The summed E-state index contributed by atoms with van der Waals surface area (Å²) >= 11 is 0. The third kappa shape index (κ3) is 4.86. The minimum absolute atomic E-state index is 0.218. The first-order chi connectivity index (χ1) is 18.0. The summed E-state index contributed by atoms with van der Waals surface area (Å²) < 4.78 is 42.7. The van der Waals surface area contributed by atoms with E-state index in [0.29, 0.717) is 10.7 Å². The van der Waals surface area contributed by atoms with Crippen molar-refractivity contribution in [2.75, 3.05) is 11.4 Å². The van der Waals surface area contributed by atoms with Crippen LogP contribution in [0.1, 0.15) is 33.3 Å². The molecule has 38 heavy (non-hydrogen) atoms. The molecule has 0 atom stereocenters. The van der Waals surface area contributed by atoms with Gasteiger partial charge in [0.25, 0.3) is 0 Å². The summed E-state index contributed by atoms with van der Waals surface area (Å²) in [6.07, 6.45) is 2.97. The van der Waals surface area contributed by atoms with E-state index in [2.05, 4.69) is 9.97 Å². The summed E-state index contributed by atoms with van der Waals surface area (Å²) in [5.74, 6) is 1.13. The lowest BCUT2D eigenvalue weighted by Crippen LogP contribution is -2.41. The molecule has 1 saturated heterocycles. The summed E-state index contributed by atoms with van der Waals surface area (Å²) in [5.41, 5.74) is 0.840. The third-order valence-corrected chi connectivity index (χ3v) is 9.14. The summed E-state index contributed by atoms with van der Waals surface area (Å²) in [7, 11) is -2.40. The van der Waals surface area contributed by atoms with Gasteiger partial charge >= 0.3 is 7.12 Å². The second-order valence-electron chi connectivity index (χ2n) is 10.3. The smallest absolute Gasteiger partial charge is 0.495 e. The second kappa shape index (κ2) is 9.87. The van der Waals surface area contributed by atoms with Gasteiger partial charge in [0.2, 0.25) is 0 Å². The quantitative estimate of drug-likeness (QED) is 0.294. The molecule has 1 aliphatic rings. The van der Waals surface area contributed by atoms with Crippen molar-refractivity contribution in [3.63, 3.8) is 0 Å². The van der Waals surface area contributed by atoms with Crippen LogP contribution in [0.4, 0.5) is 5.82 Å². The van der Waals surface area contributed by atoms with Crippen LogP contribution in [0.15, 0.2) is 84.1 Å². The van der Waals surface area contributed by atoms with E-state index in [1.165, 1.54) is 10.6 Å². The van der Waals surface area contributed by atoms with Gasteiger partial charge in [-0.15, -0.1) is 0 Å². The average Bonchev–Trinajstić information content (AvgIpc) is 3.13. The Morgan fingerprint density at radius 2 is 1.66 bits per heavy atom. The van der Waals surface area contributed by atoms with Crippen LogP contribution >= 0.6 is 10.8 Å². The van der Waals surface area contributed by atoms with E-state index in [0.717, 1.165) is 27.5 Å². The molecule has 1 aliphatic heterocycles. The van der Waals surface area contributed by atoms with Gasteiger partial charge in [-0.3, -0.25) is 9.11 Å². The van der Waals surface area contributed by atoms with E-state index in [-0.39, 0.29) is 6.54 Å². The fraction of sp³-hybridized carbons (Fsp3) is 0.286. The van der Waals surface area contributed by atoms with E-state index in [4.69, 9.17) is 14.0 Å². The zero-order valence-electron chi connectivity index (χ0n) is 22.2. The Bertz CT molecular complexity index is 1420. The third-order valence-electron chi connectivity index (χ3n) is 7.32. The lowest BCUT2D eigenvalue weighted by molar-refractivity contribution is 0.00578. The zero-order chi connectivity index (χ0) is 27.1. The van der Waals surface area contributed by atoms with Crippen molar-refractivity contribution in [3.8, 4) is 5.75 Å². The van der Waals surface area contributed by atoms with Gasteiger partial charge in [0.15, 0.2) is 5.82 Å². The molecule has 1 aromatic heterocycles. The summed E-state index contributed by atoms with van der Waals surface area (Å²) in [5, 5.41) is 1.77. The number of fused-ring (bicyclic) bond motifs is 1. The number of nitrogens with zero attached hydrogens (tertiary/aromatic N) is 3. The van der Waals surface area contributed by atoms with E-state index in [1.54, 1.807) is 25.4 Å². The first kappa shape index (κ1) is 26.5. The van der Waals surface area contributed by atoms with E-state index in [9.17, 15) is 9.11 Å². The number of methoxy groups -OCH3 is 1. The Morgan fingerprint density at radius 3 is 2.29 bits per heavy atom. The largest absolute Gasteiger partial charge is 0.497 e. The number of benzene rings is 3. The standard InChI is InChI=1S/C28H32BN3O5S/c1-27(2)28(3,4)37-29(36-27)25-8-6-7-21-17-23(13-14-24(21)25)38(33,34)32(26-15-16-30-19-31-26)18-20-9-11-22(35-5)12-10-20/h6-17,19,33-34H,18H2,1-5H3. The SMILES string of the molecule is COc1ccc(CN(c2ccncn2)S(O)(O)c2ccc3c(B4OC(C)(C)C(C)(C)O4)cccc3c2)cc1. The van der Waals surface area contributed by atoms with Gasteiger partial charge in [-0.05, 0) is 73.8 Å². The van der Waals surface area contributed by atoms with Gasteiger partial charge in [0.05, 0.1) is 29.8 Å². The predicted octanol–water partition coefficient (Wildman–Crippen LogP) is 5.67. The molecular weight excluding hydrogens is 501 g/mol. The molecule has 0 spiro atoms. The highest BCUT2D eigenvalue weighted by atomic mass is 32.3. The zero-order valence-corrected chi connectivity index (χ0v) is 23.0. The van der Waals surface area contributed by atoms with Crippen LogP contribution in [0.2, 0.25) is 0 Å². The topological polar surface area (TPSA) is 97.2 Å². The van der Waals surface area contributed by atoms with Crippen LogP contribution in [0.25, 0.3) is 10.8 Å². The van der Waals surface area contributed by atoms with E-state index >= 15 is 0 Å². The molecule has 0 amide bonds. The van der Waals surface area contributed by atoms with E-state index < -0.39 is 29.1 Å². The van der Waals surface area contributed by atoms with Crippen molar-refractivity contribution >= 4 is 39.9 Å². The van der Waals surface area contributed by atoms with Crippen molar-refractivity contribution in [3.05, 3.63) is 84.8 Å². The minimum atomic E-state index is -3.48. The van der Waals surface area contributed by atoms with Crippen molar-refractivity contribution < 1.29 is 23.2 Å². The Balaban J connectivity index is 1.52. The molecule has 3 aromatic carbocycles. The van der Waals surface area contributed by atoms with Gasteiger partial charge in [-0.25, -0.2) is 14.3 Å². The lowest BCUT2D eigenvalue weighted by Gasteiger charge is -2.43. The molecule has 2 heterocycles. The highest BCUT2D eigenvalue weighted by Gasteiger charge is 2.52. The Morgan fingerprint density at radius 1 is 0.947 bits per heavy atom. The van der Waals surface area contributed by atoms with Gasteiger partial charge in [0, 0.05) is 12.3 Å². The number of anilines is 1. The molecule has 2 N–H and O–H groups in total. The van der Waals surface area contributed by atoms with Gasteiger partial charge in [0.1, 0.15) is 12.1 Å². The summed E-state index contributed by atoms with van der Waals surface area (Å²) in [4.78, 5) is 8.68. The Labute approximate surface area is 225 Å². The molecule has 0 saturated carbocycles. The molecule has 0 radical (unpaired) electrons. The average molecular weight is 533 g/mol. The molecule has 8 nitrogen and oxygen atoms in total. The maximum Gasteiger partial charge on any atom is 0.495 e. The number of ether oxygens (including phenoxy) is 1. The molecule has 4 aromatic rings. The van der Waals surface area contributed by atoms with Crippen LogP contribution in [0.5, 0.6) is 5.75 Å². The minimum Gasteiger partial charge on any atom is -0.497 e. The van der Waals surface area contributed by atoms with Crippen molar-refractivity contribution in [2.24, 2.45) is 0 Å². The van der Waals surface area contributed by atoms with Crippen LogP contribution in [0, 0.1) is 0 Å². The molecule has 10 heteroatoms. The predicted molar refractivity (Wildman–Crippen MR) is 152 cm³/mol. The highest BCUT2D eigenvalue weighted by molar-refractivity contribution is 8.25. The van der Waals surface area contributed by atoms with Crippen molar-refractivity contribution in [1.29, 1.82) is 0 Å². The van der Waals surface area contributed by atoms with E-state index in [1.807, 2.05) is 82.3 Å². The normalized spacial score (nSPS) is 17.0. The number of hydrogen-bond acceptors (Lipinski definition) is 8. The Kier molecular flexibility index (Phi) is 6.87. The molecule has 5 rings (SSSR count). The molecule has 1 fully saturated rings. The van der Waals surface area contributed by atoms with Gasteiger partial charge in [-0.1, -0.05) is 47.2 Å². The molecule has 0 unspecified atom stereocenters. The second-order valence-corrected chi connectivity index (χ2v) is 12.2. The van der Waals surface area contributed by atoms with Crippen LogP contribution in [-0.2, 0) is 15.9 Å². The summed E-state index contributed by atoms with van der Waals surface area (Å²) in [6, 6.07) is 20.4. The van der Waals surface area contributed by atoms with Crippen LogP contribution in [-0.4, -0.2) is 44.5 Å². The first-order valence-corrected chi connectivity index (χ1v) is 13.9. The fourth-order valence-electron chi connectivity index (χ4n) is 4.39. The number of aromatic nitrogens is 2. The highest BCUT2D eigenvalue weighted by Crippen LogP contribution is 2.54. The molecule has 0 aliphatic carbocycles. The maximum absolute atomic E-state index is 11.7. The first-order valence-electron chi connectivity index (χ1n) is 12.3. The lowest BCUT2D eigenvalue weighted by atomic mass is 9.76. The van der Waals surface area contributed by atoms with Crippen LogP contribution in [0.3, 0.4) is 0 Å². The van der Waals surface area contributed by atoms with Crippen LogP contribution < -0.4 is 14.5 Å². The van der Waals surface area contributed by atoms with Crippen molar-refractivity contribution in [1.82, 2.24) is 9.97 Å². The molecule has 0 bridgehead atoms. The maximum atomic E-state index is 11.7. The van der Waals surface area contributed by atoms with Crippen molar-refractivity contribution in [2.45, 2.75) is 50.3 Å². The Hall–Kier alpha value is -3.15.